The molecule has 1 saturated heterocycles. The SMILES string of the molecule is CCOc1ccc(NC(=O)[C@H]2CC(=O)N(Cc3ccc(C)cc3)C2)cc1. The van der Waals surface area contributed by atoms with Gasteiger partial charge in [-0.25, -0.2) is 0 Å². The van der Waals surface area contributed by atoms with Crippen LogP contribution >= 0.6 is 0 Å². The zero-order chi connectivity index (χ0) is 18.5. The fraction of sp³-hybridized carbons (Fsp3) is 0.333. The van der Waals surface area contributed by atoms with Crippen LogP contribution in [0.5, 0.6) is 5.75 Å². The van der Waals surface area contributed by atoms with E-state index < -0.39 is 0 Å². The Balaban J connectivity index is 1.57. The summed E-state index contributed by atoms with van der Waals surface area (Å²) in [6.07, 6.45) is 0.259. The van der Waals surface area contributed by atoms with Crippen LogP contribution in [0.2, 0.25) is 0 Å². The van der Waals surface area contributed by atoms with Crippen molar-refractivity contribution in [2.45, 2.75) is 26.8 Å². The Hall–Kier alpha value is -2.82. The highest BCUT2D eigenvalue weighted by Gasteiger charge is 2.34. The first-order chi connectivity index (χ1) is 12.5. The maximum absolute atomic E-state index is 12.5. The highest BCUT2D eigenvalue weighted by atomic mass is 16.5. The van der Waals surface area contributed by atoms with Crippen LogP contribution in [-0.2, 0) is 16.1 Å². The molecule has 0 spiro atoms. The largest absolute Gasteiger partial charge is 0.494 e. The quantitative estimate of drug-likeness (QED) is 0.867. The topological polar surface area (TPSA) is 58.6 Å². The van der Waals surface area contributed by atoms with Gasteiger partial charge in [0.1, 0.15) is 5.75 Å². The summed E-state index contributed by atoms with van der Waals surface area (Å²) >= 11 is 0. The van der Waals surface area contributed by atoms with Crippen molar-refractivity contribution in [3.05, 3.63) is 59.7 Å². The van der Waals surface area contributed by atoms with Crippen molar-refractivity contribution < 1.29 is 14.3 Å². The highest BCUT2D eigenvalue weighted by molar-refractivity contribution is 5.97. The number of ether oxygens (including phenoxy) is 1. The number of nitrogens with one attached hydrogen (secondary N) is 1. The van der Waals surface area contributed by atoms with Gasteiger partial charge in [-0.1, -0.05) is 29.8 Å². The van der Waals surface area contributed by atoms with Gasteiger partial charge >= 0.3 is 0 Å². The van der Waals surface area contributed by atoms with Crippen LogP contribution in [0.3, 0.4) is 0 Å². The summed E-state index contributed by atoms with van der Waals surface area (Å²) in [6, 6.07) is 15.4. The fourth-order valence-corrected chi connectivity index (χ4v) is 3.06. The second-order valence-electron chi connectivity index (χ2n) is 6.61. The summed E-state index contributed by atoms with van der Waals surface area (Å²) in [7, 11) is 0. The number of anilines is 1. The molecule has 0 bridgehead atoms. The van der Waals surface area contributed by atoms with Crippen LogP contribution in [0.25, 0.3) is 0 Å². The summed E-state index contributed by atoms with van der Waals surface area (Å²) in [5.41, 5.74) is 2.98. The van der Waals surface area contributed by atoms with E-state index in [1.54, 1.807) is 4.90 Å². The Bertz CT molecular complexity index is 769. The van der Waals surface area contributed by atoms with E-state index in [0.29, 0.717) is 25.4 Å². The number of aryl methyl sites for hydroxylation is 1. The second kappa shape index (κ2) is 8.04. The number of benzene rings is 2. The van der Waals surface area contributed by atoms with Crippen LogP contribution < -0.4 is 10.1 Å². The molecule has 1 heterocycles. The number of nitrogens with zero attached hydrogens (tertiary/aromatic N) is 1. The Morgan fingerprint density at radius 1 is 1.15 bits per heavy atom. The summed E-state index contributed by atoms with van der Waals surface area (Å²) < 4.78 is 5.39. The lowest BCUT2D eigenvalue weighted by molar-refractivity contribution is -0.128. The Morgan fingerprint density at radius 2 is 1.85 bits per heavy atom. The molecule has 0 aliphatic carbocycles. The van der Waals surface area contributed by atoms with Crippen LogP contribution in [0.4, 0.5) is 5.69 Å². The molecule has 2 aromatic carbocycles. The molecule has 136 valence electrons. The standard InChI is InChI=1S/C21H24N2O3/c1-3-26-19-10-8-18(9-11-19)22-21(25)17-12-20(24)23(14-17)13-16-6-4-15(2)5-7-16/h4-11,17H,3,12-14H2,1-2H3,(H,22,25)/t17-/m0/s1. The smallest absolute Gasteiger partial charge is 0.229 e. The van der Waals surface area contributed by atoms with Crippen molar-refractivity contribution in [1.29, 1.82) is 0 Å². The molecule has 5 heteroatoms. The summed E-state index contributed by atoms with van der Waals surface area (Å²) in [5, 5.41) is 2.89. The summed E-state index contributed by atoms with van der Waals surface area (Å²) in [5.74, 6) is 0.358. The van der Waals surface area contributed by atoms with E-state index >= 15 is 0 Å². The zero-order valence-corrected chi connectivity index (χ0v) is 15.2. The van der Waals surface area contributed by atoms with E-state index in [4.69, 9.17) is 4.74 Å². The van der Waals surface area contributed by atoms with Gasteiger partial charge in [-0.05, 0) is 43.7 Å². The number of hydrogen-bond acceptors (Lipinski definition) is 3. The van der Waals surface area contributed by atoms with Crippen LogP contribution in [0.15, 0.2) is 48.5 Å². The number of likely N-dealkylation sites (tertiary alicyclic amines) is 1. The number of rotatable bonds is 6. The van der Waals surface area contributed by atoms with Crippen molar-refractivity contribution in [3.8, 4) is 5.75 Å². The number of amides is 2. The van der Waals surface area contributed by atoms with E-state index in [1.807, 2.05) is 62.4 Å². The molecule has 1 N–H and O–H groups in total. The third kappa shape index (κ3) is 4.42. The molecule has 0 aromatic heterocycles. The monoisotopic (exact) mass is 352 g/mol. The molecular formula is C21H24N2O3. The molecular weight excluding hydrogens is 328 g/mol. The van der Waals surface area contributed by atoms with Crippen molar-refractivity contribution >= 4 is 17.5 Å². The molecule has 5 nitrogen and oxygen atoms in total. The van der Waals surface area contributed by atoms with Crippen molar-refractivity contribution in [1.82, 2.24) is 4.90 Å². The number of hydrogen-bond donors (Lipinski definition) is 1. The molecule has 3 rings (SSSR count). The predicted molar refractivity (Wildman–Crippen MR) is 101 cm³/mol. The molecule has 2 amide bonds. The average Bonchev–Trinajstić information content (AvgIpc) is 3.00. The third-order valence-corrected chi connectivity index (χ3v) is 4.51. The molecule has 1 aliphatic rings. The van der Waals surface area contributed by atoms with Crippen LogP contribution in [0.1, 0.15) is 24.5 Å². The number of carbonyl (C=O) groups is 2. The first-order valence-electron chi connectivity index (χ1n) is 8.92. The molecule has 0 radical (unpaired) electrons. The van der Waals surface area contributed by atoms with E-state index in [-0.39, 0.29) is 24.2 Å². The van der Waals surface area contributed by atoms with Crippen molar-refractivity contribution in [2.75, 3.05) is 18.5 Å². The Morgan fingerprint density at radius 3 is 2.50 bits per heavy atom. The lowest BCUT2D eigenvalue weighted by Gasteiger charge is -2.17. The second-order valence-corrected chi connectivity index (χ2v) is 6.61. The van der Waals surface area contributed by atoms with Crippen LogP contribution in [-0.4, -0.2) is 29.9 Å². The summed E-state index contributed by atoms with van der Waals surface area (Å²) in [4.78, 5) is 26.5. The number of carbonyl (C=O) groups excluding carboxylic acids is 2. The zero-order valence-electron chi connectivity index (χ0n) is 15.2. The maximum atomic E-state index is 12.5. The minimum absolute atomic E-state index is 0.0254. The van der Waals surface area contributed by atoms with Crippen LogP contribution in [0, 0.1) is 12.8 Å². The molecule has 26 heavy (non-hydrogen) atoms. The minimum Gasteiger partial charge on any atom is -0.494 e. The van der Waals surface area contributed by atoms with Crippen molar-refractivity contribution in [3.63, 3.8) is 0 Å². The molecule has 0 unspecified atom stereocenters. The maximum Gasteiger partial charge on any atom is 0.229 e. The van der Waals surface area contributed by atoms with Gasteiger partial charge in [0, 0.05) is 25.2 Å². The minimum atomic E-state index is -0.320. The molecule has 1 atom stereocenters. The van der Waals surface area contributed by atoms with E-state index in [0.717, 1.165) is 11.3 Å². The van der Waals surface area contributed by atoms with E-state index in [2.05, 4.69) is 5.32 Å². The van der Waals surface area contributed by atoms with E-state index in [9.17, 15) is 9.59 Å². The van der Waals surface area contributed by atoms with Gasteiger partial charge in [-0.2, -0.15) is 0 Å². The summed E-state index contributed by atoms with van der Waals surface area (Å²) in [6.45, 7) is 5.56. The van der Waals surface area contributed by atoms with E-state index in [1.165, 1.54) is 5.56 Å². The lowest BCUT2D eigenvalue weighted by Crippen LogP contribution is -2.28. The van der Waals surface area contributed by atoms with Crippen molar-refractivity contribution in [2.24, 2.45) is 5.92 Å². The fourth-order valence-electron chi connectivity index (χ4n) is 3.06. The molecule has 2 aromatic rings. The van der Waals surface area contributed by atoms with Gasteiger partial charge in [-0.15, -0.1) is 0 Å². The first kappa shape index (κ1) is 18.0. The first-order valence-corrected chi connectivity index (χ1v) is 8.92. The molecule has 0 saturated carbocycles. The Labute approximate surface area is 154 Å². The highest BCUT2D eigenvalue weighted by Crippen LogP contribution is 2.23. The van der Waals surface area contributed by atoms with Gasteiger partial charge in [0.15, 0.2) is 0 Å². The average molecular weight is 352 g/mol. The van der Waals surface area contributed by atoms with Gasteiger partial charge in [-0.3, -0.25) is 9.59 Å². The predicted octanol–water partition coefficient (Wildman–Crippen LogP) is 3.38. The van der Waals surface area contributed by atoms with Gasteiger partial charge < -0.3 is 15.0 Å². The van der Waals surface area contributed by atoms with Gasteiger partial charge in [0.25, 0.3) is 0 Å². The Kier molecular flexibility index (Phi) is 5.56. The lowest BCUT2D eigenvalue weighted by atomic mass is 10.1. The molecule has 1 fully saturated rings. The third-order valence-electron chi connectivity index (χ3n) is 4.51. The van der Waals surface area contributed by atoms with Gasteiger partial charge in [0.2, 0.25) is 11.8 Å². The molecule has 1 aliphatic heterocycles. The van der Waals surface area contributed by atoms with Gasteiger partial charge in [0.05, 0.1) is 12.5 Å². The normalized spacial score (nSPS) is 16.6.